The van der Waals surface area contributed by atoms with Crippen molar-refractivity contribution < 1.29 is 4.74 Å². The van der Waals surface area contributed by atoms with Gasteiger partial charge in [-0.1, -0.05) is 19.9 Å². The van der Waals surface area contributed by atoms with E-state index < -0.39 is 0 Å². The van der Waals surface area contributed by atoms with Gasteiger partial charge in [-0.25, -0.2) is 0 Å². The van der Waals surface area contributed by atoms with Crippen LogP contribution in [-0.4, -0.2) is 39.7 Å². The van der Waals surface area contributed by atoms with Crippen LogP contribution in [0.2, 0.25) is 0 Å². The van der Waals surface area contributed by atoms with E-state index in [0.717, 1.165) is 37.2 Å². The molecular weight excluding hydrogens is 342 g/mol. The van der Waals surface area contributed by atoms with Crippen molar-refractivity contribution >= 4 is 16.7 Å². The van der Waals surface area contributed by atoms with Crippen LogP contribution >= 0.6 is 0 Å². The topological polar surface area (TPSA) is 98.6 Å². The summed E-state index contributed by atoms with van der Waals surface area (Å²) in [5, 5.41) is 17.3. The highest BCUT2D eigenvalue weighted by Crippen LogP contribution is 2.24. The lowest BCUT2D eigenvalue weighted by Gasteiger charge is -2.30. The second-order valence-corrected chi connectivity index (χ2v) is 7.66. The third-order valence-electron chi connectivity index (χ3n) is 5.55. The van der Waals surface area contributed by atoms with Crippen LogP contribution in [0.1, 0.15) is 43.9 Å². The number of aromatic nitrogens is 4. The van der Waals surface area contributed by atoms with Gasteiger partial charge in [-0.2, -0.15) is 5.10 Å². The van der Waals surface area contributed by atoms with Crippen LogP contribution in [0.5, 0.6) is 0 Å². The van der Waals surface area contributed by atoms with Crippen molar-refractivity contribution in [2.75, 3.05) is 18.5 Å². The summed E-state index contributed by atoms with van der Waals surface area (Å²) in [6, 6.07) is 8.34. The first kappa shape index (κ1) is 17.9. The predicted molar refractivity (Wildman–Crippen MR) is 106 cm³/mol. The molecule has 7 nitrogen and oxygen atoms in total. The van der Waals surface area contributed by atoms with Gasteiger partial charge in [0.1, 0.15) is 5.82 Å². The highest BCUT2D eigenvalue weighted by atomic mass is 16.5. The number of ether oxygens (including phenoxy) is 1. The van der Waals surface area contributed by atoms with Crippen LogP contribution in [0.25, 0.3) is 10.9 Å². The lowest BCUT2D eigenvalue weighted by Crippen LogP contribution is -2.36. The van der Waals surface area contributed by atoms with Crippen LogP contribution in [0.4, 0.5) is 5.82 Å². The summed E-state index contributed by atoms with van der Waals surface area (Å²) in [5.41, 5.74) is 3.17. The average Bonchev–Trinajstić information content (AvgIpc) is 3.28. The van der Waals surface area contributed by atoms with Crippen molar-refractivity contribution in [2.45, 2.75) is 45.1 Å². The van der Waals surface area contributed by atoms with Gasteiger partial charge in [0.2, 0.25) is 0 Å². The summed E-state index contributed by atoms with van der Waals surface area (Å²) in [6.45, 7) is 5.84. The molecule has 7 heteroatoms. The van der Waals surface area contributed by atoms with E-state index >= 15 is 0 Å². The van der Waals surface area contributed by atoms with Crippen molar-refractivity contribution in [1.82, 2.24) is 20.4 Å². The van der Waals surface area contributed by atoms with Crippen molar-refractivity contribution in [3.05, 3.63) is 45.9 Å². The van der Waals surface area contributed by atoms with Crippen LogP contribution < -0.4 is 10.9 Å². The standard InChI is InChI=1S/C20H27N5O2/c1-3-12(2)17-9-19(24-22-17)21-15-7-14(10-27-11-15)6-13-4-5-16-18(8-13)23-25-20(16)26/h4-5,8-9,12,14-15H,3,6-7,10-11H2,1-2H3,(H2,21,22,24)(H2,23,25,26). The fraction of sp³-hybridized carbons (Fsp3) is 0.500. The van der Waals surface area contributed by atoms with Crippen molar-refractivity contribution in [2.24, 2.45) is 5.92 Å². The number of fused-ring (bicyclic) bond motifs is 1. The molecule has 0 saturated carbocycles. The Morgan fingerprint density at radius 2 is 2.19 bits per heavy atom. The zero-order valence-electron chi connectivity index (χ0n) is 15.8. The lowest BCUT2D eigenvalue weighted by molar-refractivity contribution is 0.0463. The van der Waals surface area contributed by atoms with E-state index in [1.807, 2.05) is 12.1 Å². The Kier molecular flexibility index (Phi) is 5.03. The van der Waals surface area contributed by atoms with Gasteiger partial charge in [0, 0.05) is 18.4 Å². The highest BCUT2D eigenvalue weighted by Gasteiger charge is 2.24. The summed E-state index contributed by atoms with van der Waals surface area (Å²) < 4.78 is 5.84. The monoisotopic (exact) mass is 369 g/mol. The number of aromatic amines is 3. The highest BCUT2D eigenvalue weighted by molar-refractivity contribution is 5.78. The Morgan fingerprint density at radius 1 is 1.30 bits per heavy atom. The first-order valence-corrected chi connectivity index (χ1v) is 9.71. The summed E-state index contributed by atoms with van der Waals surface area (Å²) in [7, 11) is 0. The van der Waals surface area contributed by atoms with E-state index in [4.69, 9.17) is 4.74 Å². The van der Waals surface area contributed by atoms with E-state index in [1.165, 1.54) is 11.3 Å². The largest absolute Gasteiger partial charge is 0.379 e. The molecule has 1 aromatic carbocycles. The summed E-state index contributed by atoms with van der Waals surface area (Å²) >= 11 is 0. The zero-order valence-corrected chi connectivity index (χ0v) is 15.8. The third-order valence-corrected chi connectivity index (χ3v) is 5.55. The van der Waals surface area contributed by atoms with Crippen LogP contribution in [0, 0.1) is 5.92 Å². The number of benzene rings is 1. The van der Waals surface area contributed by atoms with Gasteiger partial charge in [-0.05, 0) is 48.8 Å². The first-order chi connectivity index (χ1) is 13.1. The number of anilines is 1. The van der Waals surface area contributed by atoms with Gasteiger partial charge in [0.25, 0.3) is 5.56 Å². The van der Waals surface area contributed by atoms with Crippen molar-refractivity contribution in [3.63, 3.8) is 0 Å². The Balaban J connectivity index is 1.38. The number of hydrogen-bond donors (Lipinski definition) is 4. The third kappa shape index (κ3) is 3.93. The molecule has 4 rings (SSSR count). The second-order valence-electron chi connectivity index (χ2n) is 7.66. The molecule has 0 bridgehead atoms. The molecule has 1 aliphatic rings. The molecule has 1 fully saturated rings. The molecule has 27 heavy (non-hydrogen) atoms. The van der Waals surface area contributed by atoms with E-state index in [2.05, 4.69) is 51.7 Å². The Bertz CT molecular complexity index is 957. The molecule has 3 heterocycles. The number of nitrogens with one attached hydrogen (secondary N) is 4. The SMILES string of the molecule is CCC(C)c1cc(NC2COCC(Cc3ccc4c(=O)[nH][nH]c4c3)C2)n[nH]1. The molecule has 0 radical (unpaired) electrons. The molecule has 0 aliphatic carbocycles. The molecule has 0 spiro atoms. The molecule has 3 unspecified atom stereocenters. The smallest absolute Gasteiger partial charge is 0.271 e. The van der Waals surface area contributed by atoms with Gasteiger partial charge in [-0.3, -0.25) is 20.1 Å². The second kappa shape index (κ2) is 7.60. The minimum Gasteiger partial charge on any atom is -0.379 e. The normalized spacial score (nSPS) is 21.4. The Labute approximate surface area is 157 Å². The number of nitrogens with zero attached hydrogens (tertiary/aromatic N) is 1. The summed E-state index contributed by atoms with van der Waals surface area (Å²) in [6.07, 6.45) is 3.06. The predicted octanol–water partition coefficient (Wildman–Crippen LogP) is 3.15. The van der Waals surface area contributed by atoms with E-state index in [9.17, 15) is 4.79 Å². The number of rotatable bonds is 6. The number of hydrogen-bond acceptors (Lipinski definition) is 4. The summed E-state index contributed by atoms with van der Waals surface area (Å²) in [5.74, 6) is 1.82. The van der Waals surface area contributed by atoms with E-state index in [0.29, 0.717) is 23.8 Å². The minimum absolute atomic E-state index is 0.0717. The Morgan fingerprint density at radius 3 is 3.04 bits per heavy atom. The zero-order chi connectivity index (χ0) is 18.8. The molecule has 0 amide bonds. The van der Waals surface area contributed by atoms with Gasteiger partial charge < -0.3 is 10.1 Å². The van der Waals surface area contributed by atoms with Gasteiger partial charge in [-0.15, -0.1) is 0 Å². The average molecular weight is 369 g/mol. The summed E-state index contributed by atoms with van der Waals surface area (Å²) in [4.78, 5) is 11.6. The lowest BCUT2D eigenvalue weighted by atomic mass is 9.91. The van der Waals surface area contributed by atoms with Gasteiger partial charge in [0.05, 0.1) is 23.6 Å². The quantitative estimate of drug-likeness (QED) is 0.536. The van der Waals surface area contributed by atoms with Crippen LogP contribution in [0.3, 0.4) is 0 Å². The fourth-order valence-electron chi connectivity index (χ4n) is 3.79. The molecule has 2 aromatic heterocycles. The molecule has 1 aliphatic heterocycles. The molecule has 4 N–H and O–H groups in total. The van der Waals surface area contributed by atoms with Gasteiger partial charge >= 0.3 is 0 Å². The van der Waals surface area contributed by atoms with Crippen molar-refractivity contribution in [1.29, 1.82) is 0 Å². The molecule has 144 valence electrons. The van der Waals surface area contributed by atoms with Crippen LogP contribution in [0.15, 0.2) is 29.1 Å². The minimum atomic E-state index is -0.0717. The van der Waals surface area contributed by atoms with Crippen LogP contribution in [-0.2, 0) is 11.2 Å². The fourth-order valence-corrected chi connectivity index (χ4v) is 3.79. The first-order valence-electron chi connectivity index (χ1n) is 9.71. The molecule has 1 saturated heterocycles. The molecular formula is C20H27N5O2. The van der Waals surface area contributed by atoms with E-state index in [-0.39, 0.29) is 11.6 Å². The number of H-pyrrole nitrogens is 3. The van der Waals surface area contributed by atoms with Gasteiger partial charge in [0.15, 0.2) is 0 Å². The van der Waals surface area contributed by atoms with E-state index in [1.54, 1.807) is 0 Å². The molecule has 3 atom stereocenters. The van der Waals surface area contributed by atoms with Crippen molar-refractivity contribution in [3.8, 4) is 0 Å². The maximum Gasteiger partial charge on any atom is 0.271 e. The maximum atomic E-state index is 11.6. The Hall–Kier alpha value is -2.54. The molecule has 3 aromatic rings. The maximum absolute atomic E-state index is 11.6.